The Balaban J connectivity index is 1.81. The highest BCUT2D eigenvalue weighted by Crippen LogP contribution is 2.24. The molecule has 0 saturated carbocycles. The predicted molar refractivity (Wildman–Crippen MR) is 84.2 cm³/mol. The lowest BCUT2D eigenvalue weighted by Crippen LogP contribution is -2.60. The number of aliphatic imine (C=N–C) groups is 1. The summed E-state index contributed by atoms with van der Waals surface area (Å²) in [5, 5.41) is 6.16. The fourth-order valence-electron chi connectivity index (χ4n) is 2.78. The second-order valence-electron chi connectivity index (χ2n) is 5.95. The molecule has 1 saturated heterocycles. The van der Waals surface area contributed by atoms with Gasteiger partial charge in [-0.25, -0.2) is 13.8 Å². The van der Waals surface area contributed by atoms with Crippen molar-refractivity contribution >= 4 is 5.96 Å². The summed E-state index contributed by atoms with van der Waals surface area (Å²) in [5.41, 5.74) is 11.2. The highest BCUT2D eigenvalue weighted by Gasteiger charge is 2.34. The Bertz CT molecular complexity index is 668. The molecule has 0 spiro atoms. The highest BCUT2D eigenvalue weighted by atomic mass is 19.1. The van der Waals surface area contributed by atoms with E-state index >= 15 is 0 Å². The van der Waals surface area contributed by atoms with Gasteiger partial charge in [0.05, 0.1) is 0 Å². The summed E-state index contributed by atoms with van der Waals surface area (Å²) in [5.74, 6) is -0.328. The summed E-state index contributed by atoms with van der Waals surface area (Å²) < 4.78 is 26.9. The summed E-state index contributed by atoms with van der Waals surface area (Å²) >= 11 is 0. The largest absolute Gasteiger partial charge is 0.370 e. The summed E-state index contributed by atoms with van der Waals surface area (Å²) in [7, 11) is 1.91. The van der Waals surface area contributed by atoms with Crippen molar-refractivity contribution in [1.29, 1.82) is 0 Å². The number of benzene rings is 1. The minimum Gasteiger partial charge on any atom is -0.370 e. The minimum atomic E-state index is -1.17. The highest BCUT2D eigenvalue weighted by molar-refractivity contribution is 5.81. The molecule has 3 rings (SSSR count). The first kappa shape index (κ1) is 15.7. The summed E-state index contributed by atoms with van der Waals surface area (Å²) in [6.45, 7) is 1.65. The molecule has 1 fully saturated rings. The van der Waals surface area contributed by atoms with Gasteiger partial charge < -0.3 is 27.0 Å². The van der Waals surface area contributed by atoms with Gasteiger partial charge in [-0.05, 0) is 24.8 Å². The van der Waals surface area contributed by atoms with E-state index in [0.29, 0.717) is 11.6 Å². The van der Waals surface area contributed by atoms with Crippen LogP contribution in [-0.4, -0.2) is 42.7 Å². The number of guanidine groups is 1. The van der Waals surface area contributed by atoms with Crippen molar-refractivity contribution in [1.82, 2.24) is 15.5 Å². The Hall–Kier alpha value is -2.19. The van der Waals surface area contributed by atoms with Crippen LogP contribution in [0.1, 0.15) is 5.56 Å². The van der Waals surface area contributed by atoms with Gasteiger partial charge >= 0.3 is 0 Å². The second-order valence-corrected chi connectivity index (χ2v) is 5.95. The SMILES string of the molecule is CNC1CN(C2=CC(N)(Cc3ccc(F)cc3F)N=C(N)N2)C1. The molecular formula is C15H20F2N6. The van der Waals surface area contributed by atoms with E-state index in [-0.39, 0.29) is 12.4 Å². The molecule has 0 amide bonds. The van der Waals surface area contributed by atoms with Crippen molar-refractivity contribution < 1.29 is 8.78 Å². The molecule has 6 nitrogen and oxygen atoms in total. The lowest BCUT2D eigenvalue weighted by molar-refractivity contribution is 0.167. The van der Waals surface area contributed by atoms with E-state index in [1.54, 1.807) is 6.08 Å². The molecule has 1 atom stereocenters. The van der Waals surface area contributed by atoms with Gasteiger partial charge in [-0.2, -0.15) is 0 Å². The Morgan fingerprint density at radius 2 is 2.17 bits per heavy atom. The molecule has 1 aromatic rings. The smallest absolute Gasteiger partial charge is 0.196 e. The first-order valence-corrected chi connectivity index (χ1v) is 7.39. The van der Waals surface area contributed by atoms with Gasteiger partial charge in [0, 0.05) is 31.6 Å². The number of nitrogens with two attached hydrogens (primary N) is 2. The molecule has 2 aliphatic rings. The third kappa shape index (κ3) is 3.27. The molecule has 0 bridgehead atoms. The summed E-state index contributed by atoms with van der Waals surface area (Å²) in [6, 6.07) is 3.83. The fraction of sp³-hybridized carbons (Fsp3) is 0.400. The lowest BCUT2D eigenvalue weighted by Gasteiger charge is -2.44. The van der Waals surface area contributed by atoms with Crippen LogP contribution in [0, 0.1) is 11.6 Å². The number of hydrogen-bond acceptors (Lipinski definition) is 6. The lowest BCUT2D eigenvalue weighted by atomic mass is 9.98. The zero-order chi connectivity index (χ0) is 16.6. The monoisotopic (exact) mass is 322 g/mol. The predicted octanol–water partition coefficient (Wildman–Crippen LogP) is -0.175. The van der Waals surface area contributed by atoms with Crippen LogP contribution < -0.4 is 22.1 Å². The Labute approximate surface area is 133 Å². The first-order chi connectivity index (χ1) is 10.9. The Morgan fingerprint density at radius 1 is 1.43 bits per heavy atom. The summed E-state index contributed by atoms with van der Waals surface area (Å²) in [4.78, 5) is 6.26. The average Bonchev–Trinajstić information content (AvgIpc) is 2.40. The third-order valence-electron chi connectivity index (χ3n) is 4.09. The third-order valence-corrected chi connectivity index (χ3v) is 4.09. The maximum Gasteiger partial charge on any atom is 0.196 e. The molecule has 23 heavy (non-hydrogen) atoms. The number of nitrogens with zero attached hydrogens (tertiary/aromatic N) is 2. The number of rotatable bonds is 4. The van der Waals surface area contributed by atoms with Crippen LogP contribution in [0.4, 0.5) is 8.78 Å². The number of hydrogen-bond donors (Lipinski definition) is 4. The zero-order valence-electron chi connectivity index (χ0n) is 12.8. The molecule has 0 aliphatic carbocycles. The number of likely N-dealkylation sites (tertiary alicyclic amines) is 1. The van der Waals surface area contributed by atoms with Gasteiger partial charge in [-0.1, -0.05) is 6.07 Å². The van der Waals surface area contributed by atoms with Crippen molar-refractivity contribution in [2.45, 2.75) is 18.1 Å². The van der Waals surface area contributed by atoms with Gasteiger partial charge in [0.25, 0.3) is 0 Å². The van der Waals surface area contributed by atoms with Crippen molar-refractivity contribution in [3.05, 3.63) is 47.3 Å². The Morgan fingerprint density at radius 3 is 2.83 bits per heavy atom. The van der Waals surface area contributed by atoms with Gasteiger partial charge in [0.1, 0.15) is 23.1 Å². The standard InChI is InChI=1S/C15H20F2N6/c1-20-11-7-23(8-11)13-6-15(19,22-14(18)21-13)5-9-2-3-10(16)4-12(9)17/h2-4,6,11,20H,5,7-8,19H2,1H3,(H3,18,21,22). The molecule has 6 N–H and O–H groups in total. The molecule has 8 heteroatoms. The fourth-order valence-corrected chi connectivity index (χ4v) is 2.78. The van der Waals surface area contributed by atoms with Crippen molar-refractivity contribution in [3.8, 4) is 0 Å². The summed E-state index contributed by atoms with van der Waals surface area (Å²) in [6.07, 6.45) is 1.83. The van der Waals surface area contributed by atoms with Crippen LogP contribution in [0.25, 0.3) is 0 Å². The van der Waals surface area contributed by atoms with E-state index < -0.39 is 17.3 Å². The normalized spacial score (nSPS) is 24.6. The van der Waals surface area contributed by atoms with Crippen LogP contribution in [0.15, 0.2) is 35.1 Å². The van der Waals surface area contributed by atoms with E-state index in [9.17, 15) is 8.78 Å². The van der Waals surface area contributed by atoms with E-state index in [1.165, 1.54) is 12.1 Å². The van der Waals surface area contributed by atoms with Gasteiger partial charge in [0.2, 0.25) is 0 Å². The molecular weight excluding hydrogens is 302 g/mol. The van der Waals surface area contributed by atoms with Crippen molar-refractivity contribution in [2.24, 2.45) is 16.5 Å². The molecule has 0 aromatic heterocycles. The van der Waals surface area contributed by atoms with Gasteiger partial charge in [-0.15, -0.1) is 0 Å². The van der Waals surface area contributed by atoms with E-state index in [0.717, 1.165) is 25.0 Å². The van der Waals surface area contributed by atoms with Crippen LogP contribution in [-0.2, 0) is 6.42 Å². The first-order valence-electron chi connectivity index (χ1n) is 7.39. The zero-order valence-corrected chi connectivity index (χ0v) is 12.8. The van der Waals surface area contributed by atoms with E-state index in [4.69, 9.17) is 11.5 Å². The van der Waals surface area contributed by atoms with Crippen LogP contribution in [0.2, 0.25) is 0 Å². The number of halogens is 2. The maximum atomic E-state index is 13.9. The van der Waals surface area contributed by atoms with Crippen molar-refractivity contribution in [2.75, 3.05) is 20.1 Å². The van der Waals surface area contributed by atoms with Gasteiger partial charge in [-0.3, -0.25) is 0 Å². The molecule has 2 heterocycles. The van der Waals surface area contributed by atoms with E-state index in [2.05, 4.69) is 20.5 Å². The molecule has 0 radical (unpaired) electrons. The topological polar surface area (TPSA) is 91.7 Å². The Kier molecular flexibility index (Phi) is 3.95. The van der Waals surface area contributed by atoms with Gasteiger partial charge in [0.15, 0.2) is 5.96 Å². The number of nitrogens with one attached hydrogen (secondary N) is 2. The average molecular weight is 322 g/mol. The van der Waals surface area contributed by atoms with E-state index in [1.807, 2.05) is 7.05 Å². The van der Waals surface area contributed by atoms with Crippen LogP contribution in [0.3, 0.4) is 0 Å². The van der Waals surface area contributed by atoms with Crippen LogP contribution >= 0.6 is 0 Å². The maximum absolute atomic E-state index is 13.9. The number of likely N-dealkylation sites (N-methyl/N-ethyl adjacent to an activating group) is 1. The quantitative estimate of drug-likeness (QED) is 0.618. The second kappa shape index (κ2) is 5.78. The molecule has 1 unspecified atom stereocenters. The molecule has 2 aliphatic heterocycles. The molecule has 1 aromatic carbocycles. The van der Waals surface area contributed by atoms with Crippen LogP contribution in [0.5, 0.6) is 0 Å². The van der Waals surface area contributed by atoms with Crippen molar-refractivity contribution in [3.63, 3.8) is 0 Å². The molecule has 124 valence electrons. The minimum absolute atomic E-state index is 0.0916.